The Morgan fingerprint density at radius 2 is 1.58 bits per heavy atom. The van der Waals surface area contributed by atoms with Gasteiger partial charge in [-0.05, 0) is 30.2 Å². The molecule has 1 aliphatic heterocycles. The van der Waals surface area contributed by atoms with Crippen LogP contribution in [-0.4, -0.2) is 31.1 Å². The summed E-state index contributed by atoms with van der Waals surface area (Å²) in [5, 5.41) is 3.40. The lowest BCUT2D eigenvalue weighted by Gasteiger charge is -2.33. The maximum atomic E-state index is 5.85. The SMILES string of the molecule is C[C@H](c1ccc(OCc2ccccc2)cc1)N1CCNCC1.Cl.Cl. The number of hydrogen-bond donors (Lipinski definition) is 1. The first-order valence-corrected chi connectivity index (χ1v) is 8.04. The van der Waals surface area contributed by atoms with Gasteiger partial charge in [-0.3, -0.25) is 4.90 Å². The van der Waals surface area contributed by atoms with Gasteiger partial charge in [-0.15, -0.1) is 24.8 Å². The first-order valence-electron chi connectivity index (χ1n) is 8.04. The topological polar surface area (TPSA) is 24.5 Å². The highest BCUT2D eigenvalue weighted by Gasteiger charge is 2.17. The van der Waals surface area contributed by atoms with Crippen molar-refractivity contribution in [3.63, 3.8) is 0 Å². The summed E-state index contributed by atoms with van der Waals surface area (Å²) in [5.41, 5.74) is 2.55. The van der Waals surface area contributed by atoms with E-state index in [-0.39, 0.29) is 24.8 Å². The lowest BCUT2D eigenvalue weighted by molar-refractivity contribution is 0.185. The predicted molar refractivity (Wildman–Crippen MR) is 105 cm³/mol. The maximum Gasteiger partial charge on any atom is 0.119 e. The smallest absolute Gasteiger partial charge is 0.119 e. The second kappa shape index (κ2) is 10.6. The predicted octanol–water partition coefficient (Wildman–Crippen LogP) is 4.08. The highest BCUT2D eigenvalue weighted by Crippen LogP contribution is 2.23. The van der Waals surface area contributed by atoms with Gasteiger partial charge in [0.05, 0.1) is 0 Å². The van der Waals surface area contributed by atoms with Gasteiger partial charge in [0.1, 0.15) is 12.4 Å². The van der Waals surface area contributed by atoms with Crippen LogP contribution in [-0.2, 0) is 6.61 Å². The molecule has 0 unspecified atom stereocenters. The zero-order valence-electron chi connectivity index (χ0n) is 14.0. The Hall–Kier alpha value is -1.26. The largest absolute Gasteiger partial charge is 0.489 e. The molecule has 0 aliphatic carbocycles. The molecule has 132 valence electrons. The Bertz CT molecular complexity index is 572. The van der Waals surface area contributed by atoms with E-state index in [9.17, 15) is 0 Å². The summed E-state index contributed by atoms with van der Waals surface area (Å²) in [5.74, 6) is 0.931. The number of hydrogen-bond acceptors (Lipinski definition) is 3. The van der Waals surface area contributed by atoms with Crippen LogP contribution in [0.25, 0.3) is 0 Å². The van der Waals surface area contributed by atoms with Gasteiger partial charge in [-0.2, -0.15) is 0 Å². The van der Waals surface area contributed by atoms with Crippen LogP contribution in [0.5, 0.6) is 5.75 Å². The van der Waals surface area contributed by atoms with E-state index in [1.807, 2.05) is 18.2 Å². The number of nitrogens with zero attached hydrogens (tertiary/aromatic N) is 1. The highest BCUT2D eigenvalue weighted by atomic mass is 35.5. The van der Waals surface area contributed by atoms with Crippen molar-refractivity contribution in [3.8, 4) is 5.75 Å². The third-order valence-electron chi connectivity index (χ3n) is 4.31. The number of ether oxygens (including phenoxy) is 1. The van der Waals surface area contributed by atoms with Crippen LogP contribution in [0, 0.1) is 0 Å². The molecule has 1 N–H and O–H groups in total. The molecular formula is C19H26Cl2N2O. The molecule has 1 atom stereocenters. The minimum Gasteiger partial charge on any atom is -0.489 e. The Labute approximate surface area is 157 Å². The Morgan fingerprint density at radius 1 is 0.958 bits per heavy atom. The number of nitrogens with one attached hydrogen (secondary N) is 1. The van der Waals surface area contributed by atoms with E-state index in [1.165, 1.54) is 11.1 Å². The van der Waals surface area contributed by atoms with Crippen molar-refractivity contribution in [2.24, 2.45) is 0 Å². The summed E-state index contributed by atoms with van der Waals surface area (Å²) in [7, 11) is 0. The van der Waals surface area contributed by atoms with Crippen LogP contribution < -0.4 is 10.1 Å². The summed E-state index contributed by atoms with van der Waals surface area (Å²) in [6.07, 6.45) is 0. The molecular weight excluding hydrogens is 343 g/mol. The average Bonchev–Trinajstić information content (AvgIpc) is 2.61. The molecule has 0 amide bonds. The lowest BCUT2D eigenvalue weighted by atomic mass is 10.1. The van der Waals surface area contributed by atoms with Crippen molar-refractivity contribution in [1.82, 2.24) is 10.2 Å². The molecule has 3 nitrogen and oxygen atoms in total. The highest BCUT2D eigenvalue weighted by molar-refractivity contribution is 5.85. The third kappa shape index (κ3) is 5.67. The van der Waals surface area contributed by atoms with E-state index in [0.29, 0.717) is 12.6 Å². The first-order chi connectivity index (χ1) is 10.8. The fourth-order valence-electron chi connectivity index (χ4n) is 2.86. The fraction of sp³-hybridized carbons (Fsp3) is 0.368. The molecule has 0 aromatic heterocycles. The molecule has 0 radical (unpaired) electrons. The van der Waals surface area contributed by atoms with Gasteiger partial charge in [-0.25, -0.2) is 0 Å². The molecule has 3 rings (SSSR count). The Balaban J connectivity index is 0.00000144. The van der Waals surface area contributed by atoms with Crippen molar-refractivity contribution in [3.05, 3.63) is 65.7 Å². The van der Waals surface area contributed by atoms with Crippen LogP contribution in [0.15, 0.2) is 54.6 Å². The van der Waals surface area contributed by atoms with Gasteiger partial charge in [0.2, 0.25) is 0 Å². The quantitative estimate of drug-likeness (QED) is 0.860. The molecule has 0 saturated carbocycles. The van der Waals surface area contributed by atoms with E-state index in [0.717, 1.165) is 31.9 Å². The Morgan fingerprint density at radius 3 is 2.21 bits per heavy atom. The van der Waals surface area contributed by atoms with Gasteiger partial charge in [0, 0.05) is 32.2 Å². The van der Waals surface area contributed by atoms with Crippen molar-refractivity contribution >= 4 is 24.8 Å². The number of piperazine rings is 1. The lowest BCUT2D eigenvalue weighted by Crippen LogP contribution is -2.44. The van der Waals surface area contributed by atoms with Crippen LogP contribution >= 0.6 is 24.8 Å². The average molecular weight is 369 g/mol. The van der Waals surface area contributed by atoms with Gasteiger partial charge in [0.25, 0.3) is 0 Å². The molecule has 1 aliphatic rings. The van der Waals surface area contributed by atoms with Gasteiger partial charge in [0.15, 0.2) is 0 Å². The third-order valence-corrected chi connectivity index (χ3v) is 4.31. The Kier molecular flexibility index (Phi) is 9.16. The van der Waals surface area contributed by atoms with E-state index >= 15 is 0 Å². The number of rotatable bonds is 5. The monoisotopic (exact) mass is 368 g/mol. The number of benzene rings is 2. The molecule has 24 heavy (non-hydrogen) atoms. The maximum absolute atomic E-state index is 5.85. The summed E-state index contributed by atoms with van der Waals surface area (Å²) < 4.78 is 5.85. The standard InChI is InChI=1S/C19H24N2O.2ClH/c1-16(21-13-11-20-12-14-21)18-7-9-19(10-8-18)22-15-17-5-3-2-4-6-17;;/h2-10,16,20H,11-15H2,1H3;2*1H/t16-;;/m1../s1. The molecule has 1 heterocycles. The van der Waals surface area contributed by atoms with Crippen LogP contribution in [0.3, 0.4) is 0 Å². The molecule has 5 heteroatoms. The second-order valence-corrected chi connectivity index (χ2v) is 5.81. The molecule has 2 aromatic carbocycles. The molecule has 0 bridgehead atoms. The normalized spacial score (nSPS) is 15.7. The summed E-state index contributed by atoms with van der Waals surface area (Å²) in [6, 6.07) is 19.3. The van der Waals surface area contributed by atoms with Crippen molar-refractivity contribution < 1.29 is 4.74 Å². The zero-order chi connectivity index (χ0) is 15.2. The summed E-state index contributed by atoms with van der Waals surface area (Å²) in [4.78, 5) is 2.52. The van der Waals surface area contributed by atoms with Crippen molar-refractivity contribution in [1.29, 1.82) is 0 Å². The van der Waals surface area contributed by atoms with Crippen LogP contribution in [0.4, 0.5) is 0 Å². The minimum atomic E-state index is 0. The first kappa shape index (κ1) is 20.8. The minimum absolute atomic E-state index is 0. The number of halogens is 2. The van der Waals surface area contributed by atoms with Crippen molar-refractivity contribution in [2.45, 2.75) is 19.6 Å². The van der Waals surface area contributed by atoms with Gasteiger partial charge in [-0.1, -0.05) is 42.5 Å². The molecule has 0 spiro atoms. The van der Waals surface area contributed by atoms with Crippen molar-refractivity contribution in [2.75, 3.05) is 26.2 Å². The van der Waals surface area contributed by atoms with E-state index in [2.05, 4.69) is 53.5 Å². The molecule has 1 fully saturated rings. The molecule has 2 aromatic rings. The zero-order valence-corrected chi connectivity index (χ0v) is 15.6. The van der Waals surface area contributed by atoms with E-state index < -0.39 is 0 Å². The second-order valence-electron chi connectivity index (χ2n) is 5.81. The van der Waals surface area contributed by atoms with E-state index in [1.54, 1.807) is 0 Å². The van der Waals surface area contributed by atoms with Gasteiger partial charge < -0.3 is 10.1 Å². The van der Waals surface area contributed by atoms with Crippen LogP contribution in [0.2, 0.25) is 0 Å². The fourth-order valence-corrected chi connectivity index (χ4v) is 2.86. The summed E-state index contributed by atoms with van der Waals surface area (Å²) in [6.45, 7) is 7.31. The van der Waals surface area contributed by atoms with E-state index in [4.69, 9.17) is 4.74 Å². The summed E-state index contributed by atoms with van der Waals surface area (Å²) >= 11 is 0. The van der Waals surface area contributed by atoms with Crippen LogP contribution in [0.1, 0.15) is 24.1 Å². The van der Waals surface area contributed by atoms with Gasteiger partial charge >= 0.3 is 0 Å². The molecule has 1 saturated heterocycles.